The second-order valence-electron chi connectivity index (χ2n) is 2.86. The van der Waals surface area contributed by atoms with E-state index in [0.29, 0.717) is 11.3 Å². The van der Waals surface area contributed by atoms with E-state index < -0.39 is 28.9 Å². The van der Waals surface area contributed by atoms with Gasteiger partial charge in [0.15, 0.2) is 5.78 Å². The van der Waals surface area contributed by atoms with Gasteiger partial charge in [-0.25, -0.2) is 0 Å². The first-order chi connectivity index (χ1) is 7.14. The van der Waals surface area contributed by atoms with Crippen molar-refractivity contribution in [2.75, 3.05) is 0 Å². The van der Waals surface area contributed by atoms with Crippen molar-refractivity contribution in [3.05, 3.63) is 22.4 Å². The predicted octanol–water partition coefficient (Wildman–Crippen LogP) is 3.67. The third-order valence-electron chi connectivity index (χ3n) is 1.68. The first-order valence-electron chi connectivity index (χ1n) is 3.85. The molecular formula is C8H4F6OS. The van der Waals surface area contributed by atoms with E-state index in [4.69, 9.17) is 0 Å². The Hall–Kier alpha value is -1.05. The molecular weight excluding hydrogens is 258 g/mol. The number of rotatable bonds is 2. The van der Waals surface area contributed by atoms with E-state index in [9.17, 15) is 31.1 Å². The fourth-order valence-electron chi connectivity index (χ4n) is 1.04. The minimum atomic E-state index is -5.63. The fourth-order valence-corrected chi connectivity index (χ4v) is 1.74. The molecule has 8 heteroatoms. The molecule has 0 unspecified atom stereocenters. The number of Topliss-reactive ketones (excluding diaryl/α,β-unsaturated/α-hetero) is 1. The summed E-state index contributed by atoms with van der Waals surface area (Å²) in [4.78, 5) is 10.5. The molecule has 16 heavy (non-hydrogen) atoms. The van der Waals surface area contributed by atoms with Gasteiger partial charge in [0.25, 0.3) is 0 Å². The van der Waals surface area contributed by atoms with Crippen LogP contribution < -0.4 is 0 Å². The average molecular weight is 262 g/mol. The predicted molar refractivity (Wildman–Crippen MR) is 44.2 cm³/mol. The summed E-state index contributed by atoms with van der Waals surface area (Å²) < 4.78 is 72.7. The number of ketones is 1. The smallest absolute Gasteiger partial charge is 0.292 e. The minimum absolute atomic E-state index is 0.542. The fraction of sp³-hybridized carbons (Fsp3) is 0.375. The highest BCUT2D eigenvalue weighted by molar-refractivity contribution is 7.12. The molecule has 0 aliphatic carbocycles. The molecule has 0 aliphatic heterocycles. The summed E-state index contributed by atoms with van der Waals surface area (Å²) in [6, 6.07) is 2.14. The molecule has 1 aromatic heterocycles. The van der Waals surface area contributed by atoms with Gasteiger partial charge in [-0.05, 0) is 11.4 Å². The molecule has 0 aliphatic rings. The molecule has 1 heterocycles. The molecule has 0 aromatic carbocycles. The Balaban J connectivity index is 3.09. The van der Waals surface area contributed by atoms with Crippen LogP contribution >= 0.6 is 11.3 Å². The van der Waals surface area contributed by atoms with Crippen LogP contribution in [-0.2, 0) is 0 Å². The molecule has 0 saturated carbocycles. The Morgan fingerprint density at radius 3 is 1.94 bits per heavy atom. The SMILES string of the molecule is O=C(c1cccs1)C(C(F)(F)F)C(F)(F)F. The van der Waals surface area contributed by atoms with Gasteiger partial charge < -0.3 is 0 Å². The number of hydrogen-bond donors (Lipinski definition) is 0. The molecule has 0 N–H and O–H groups in total. The maximum Gasteiger partial charge on any atom is 0.407 e. The molecule has 0 radical (unpaired) electrons. The first-order valence-corrected chi connectivity index (χ1v) is 4.73. The third-order valence-corrected chi connectivity index (χ3v) is 2.57. The number of carbonyl (C=O) groups excluding carboxylic acids is 1. The van der Waals surface area contributed by atoms with Crippen LogP contribution in [0.1, 0.15) is 9.67 Å². The largest absolute Gasteiger partial charge is 0.407 e. The Labute approximate surface area is 89.7 Å². The normalized spacial score (nSPS) is 13.2. The topological polar surface area (TPSA) is 17.1 Å². The van der Waals surface area contributed by atoms with Crippen LogP contribution in [0.15, 0.2) is 17.5 Å². The van der Waals surface area contributed by atoms with Gasteiger partial charge in [-0.3, -0.25) is 4.79 Å². The second-order valence-corrected chi connectivity index (χ2v) is 3.81. The Kier molecular flexibility index (Phi) is 3.32. The summed E-state index contributed by atoms with van der Waals surface area (Å²) in [6.45, 7) is 0. The van der Waals surface area contributed by atoms with E-state index in [1.54, 1.807) is 0 Å². The van der Waals surface area contributed by atoms with Crippen molar-refractivity contribution in [1.82, 2.24) is 0 Å². The summed E-state index contributed by atoms with van der Waals surface area (Å²) in [7, 11) is 0. The first kappa shape index (κ1) is 13.0. The molecule has 0 bridgehead atoms. The van der Waals surface area contributed by atoms with Crippen LogP contribution in [0.4, 0.5) is 26.3 Å². The Morgan fingerprint density at radius 2 is 1.62 bits per heavy atom. The lowest BCUT2D eigenvalue weighted by atomic mass is 10.0. The Morgan fingerprint density at radius 1 is 1.12 bits per heavy atom. The van der Waals surface area contributed by atoms with Gasteiger partial charge in [-0.2, -0.15) is 26.3 Å². The lowest BCUT2D eigenvalue weighted by Gasteiger charge is -2.20. The van der Waals surface area contributed by atoms with Crippen LogP contribution in [0.5, 0.6) is 0 Å². The highest BCUT2D eigenvalue weighted by Crippen LogP contribution is 2.41. The van der Waals surface area contributed by atoms with Gasteiger partial charge in [0.1, 0.15) is 0 Å². The van der Waals surface area contributed by atoms with E-state index in [0.717, 1.165) is 6.07 Å². The van der Waals surface area contributed by atoms with Crippen molar-refractivity contribution in [2.24, 2.45) is 5.92 Å². The van der Waals surface area contributed by atoms with Crippen LogP contribution in [0.3, 0.4) is 0 Å². The summed E-state index contributed by atoms with van der Waals surface area (Å²) in [5.74, 6) is -5.91. The maximum absolute atomic E-state index is 12.1. The number of hydrogen-bond acceptors (Lipinski definition) is 2. The van der Waals surface area contributed by atoms with Gasteiger partial charge >= 0.3 is 12.4 Å². The zero-order valence-electron chi connectivity index (χ0n) is 7.39. The van der Waals surface area contributed by atoms with E-state index in [2.05, 4.69) is 0 Å². The quantitative estimate of drug-likeness (QED) is 0.587. The van der Waals surface area contributed by atoms with Gasteiger partial charge in [0, 0.05) is 0 Å². The summed E-state index contributed by atoms with van der Waals surface area (Å²) in [5, 5.41) is 1.23. The van der Waals surface area contributed by atoms with Crippen LogP contribution in [0, 0.1) is 5.92 Å². The van der Waals surface area contributed by atoms with Crippen molar-refractivity contribution in [1.29, 1.82) is 0 Å². The van der Waals surface area contributed by atoms with E-state index >= 15 is 0 Å². The number of thiophene rings is 1. The van der Waals surface area contributed by atoms with Crippen molar-refractivity contribution >= 4 is 17.1 Å². The molecule has 0 fully saturated rings. The van der Waals surface area contributed by atoms with Crippen LogP contribution in [0.2, 0.25) is 0 Å². The monoisotopic (exact) mass is 262 g/mol. The highest BCUT2D eigenvalue weighted by Gasteiger charge is 2.61. The molecule has 1 aromatic rings. The lowest BCUT2D eigenvalue weighted by molar-refractivity contribution is -0.264. The Bertz CT molecular complexity index is 349. The number of alkyl halides is 6. The summed E-state index contributed by atoms with van der Waals surface area (Å²) in [6.07, 6.45) is -11.3. The van der Waals surface area contributed by atoms with Crippen molar-refractivity contribution in [3.8, 4) is 0 Å². The summed E-state index contributed by atoms with van der Waals surface area (Å²) in [5.41, 5.74) is 0. The zero-order valence-corrected chi connectivity index (χ0v) is 8.21. The van der Waals surface area contributed by atoms with Gasteiger partial charge in [0.05, 0.1) is 4.88 Å². The molecule has 0 spiro atoms. The molecule has 0 amide bonds. The van der Waals surface area contributed by atoms with Gasteiger partial charge in [0.2, 0.25) is 5.92 Å². The van der Waals surface area contributed by atoms with Crippen molar-refractivity contribution < 1.29 is 31.1 Å². The highest BCUT2D eigenvalue weighted by atomic mass is 32.1. The van der Waals surface area contributed by atoms with Crippen molar-refractivity contribution in [3.63, 3.8) is 0 Å². The minimum Gasteiger partial charge on any atom is -0.292 e. The van der Waals surface area contributed by atoms with E-state index in [-0.39, 0.29) is 0 Å². The summed E-state index contributed by atoms with van der Waals surface area (Å²) >= 11 is 0.542. The van der Waals surface area contributed by atoms with Gasteiger partial charge in [-0.15, -0.1) is 11.3 Å². The molecule has 0 saturated heterocycles. The third kappa shape index (κ3) is 2.75. The molecule has 1 rings (SSSR count). The van der Waals surface area contributed by atoms with Gasteiger partial charge in [-0.1, -0.05) is 6.07 Å². The van der Waals surface area contributed by atoms with Crippen LogP contribution in [-0.4, -0.2) is 18.1 Å². The lowest BCUT2D eigenvalue weighted by Crippen LogP contribution is -2.42. The standard InChI is InChI=1S/C8H4F6OS/c9-7(10,11)6(8(12,13)14)5(15)4-2-1-3-16-4/h1-3,6H. The average Bonchev–Trinajstić information content (AvgIpc) is 2.48. The second kappa shape index (κ2) is 4.08. The maximum atomic E-state index is 12.1. The molecule has 0 atom stereocenters. The zero-order chi connectivity index (χ0) is 12.6. The molecule has 1 nitrogen and oxygen atoms in total. The van der Waals surface area contributed by atoms with Crippen LogP contribution in [0.25, 0.3) is 0 Å². The molecule has 90 valence electrons. The van der Waals surface area contributed by atoms with E-state index in [1.165, 1.54) is 11.4 Å². The number of halogens is 6. The van der Waals surface area contributed by atoms with E-state index in [1.807, 2.05) is 0 Å². The van der Waals surface area contributed by atoms with Crippen molar-refractivity contribution in [2.45, 2.75) is 12.4 Å². The number of carbonyl (C=O) groups is 1.